The van der Waals surface area contributed by atoms with Crippen molar-refractivity contribution in [2.75, 3.05) is 6.61 Å². The summed E-state index contributed by atoms with van der Waals surface area (Å²) in [6, 6.07) is 0. The zero-order valence-corrected chi connectivity index (χ0v) is 15.3. The van der Waals surface area contributed by atoms with Crippen molar-refractivity contribution in [3.05, 3.63) is 17.3 Å². The lowest BCUT2D eigenvalue weighted by Gasteiger charge is -2.44. The van der Waals surface area contributed by atoms with Crippen LogP contribution in [0, 0.1) is 12.8 Å². The van der Waals surface area contributed by atoms with Gasteiger partial charge in [0.1, 0.15) is 6.61 Å². The molecule has 0 saturated heterocycles. The van der Waals surface area contributed by atoms with Crippen molar-refractivity contribution >= 4 is 5.97 Å². The number of carbonyl (C=O) groups excluding carboxylic acids is 1. The Morgan fingerprint density at radius 1 is 1.29 bits per heavy atom. The average molecular weight is 335 g/mol. The van der Waals surface area contributed by atoms with E-state index in [1.54, 1.807) is 20.8 Å². The molecule has 1 aromatic rings. The fraction of sp³-hybridized carbons (Fsp3) is 0.789. The molecule has 1 heterocycles. The van der Waals surface area contributed by atoms with E-state index >= 15 is 0 Å². The minimum absolute atomic E-state index is 0.133. The SMILES string of the molecule is CCOC(=O)C(C)(C)OCc1oc(C23CCC(CC2)CC3)nc1C. The molecule has 0 radical (unpaired) electrons. The normalized spacial score (nSPS) is 26.6. The Morgan fingerprint density at radius 3 is 2.50 bits per heavy atom. The summed E-state index contributed by atoms with van der Waals surface area (Å²) >= 11 is 0. The average Bonchev–Trinajstić information content (AvgIpc) is 2.97. The molecule has 134 valence electrons. The lowest BCUT2D eigenvalue weighted by Crippen LogP contribution is -2.38. The molecule has 3 fully saturated rings. The molecule has 0 amide bonds. The number of rotatable bonds is 6. The minimum atomic E-state index is -0.989. The maximum Gasteiger partial charge on any atom is 0.337 e. The van der Waals surface area contributed by atoms with Crippen LogP contribution >= 0.6 is 0 Å². The van der Waals surface area contributed by atoms with E-state index in [2.05, 4.69) is 0 Å². The number of hydrogen-bond acceptors (Lipinski definition) is 5. The third kappa shape index (κ3) is 3.23. The molecule has 5 heteroatoms. The lowest BCUT2D eigenvalue weighted by molar-refractivity contribution is -0.169. The van der Waals surface area contributed by atoms with E-state index in [9.17, 15) is 4.79 Å². The number of fused-ring (bicyclic) bond motifs is 3. The van der Waals surface area contributed by atoms with Gasteiger partial charge in [-0.25, -0.2) is 9.78 Å². The van der Waals surface area contributed by atoms with Crippen molar-refractivity contribution < 1.29 is 18.7 Å². The molecular formula is C19H29NO4. The molecule has 0 atom stereocenters. The Kier molecular flexibility index (Phi) is 4.73. The highest BCUT2D eigenvalue weighted by molar-refractivity contribution is 5.78. The highest BCUT2D eigenvalue weighted by Crippen LogP contribution is 2.51. The van der Waals surface area contributed by atoms with Crippen molar-refractivity contribution in [3.8, 4) is 0 Å². The Labute approximate surface area is 144 Å². The standard InChI is InChI=1S/C19H29NO4/c1-5-22-17(21)18(3,4)23-12-15-13(2)20-16(24-15)19-9-6-14(7-10-19)8-11-19/h14H,5-12H2,1-4H3. The van der Waals surface area contributed by atoms with E-state index in [-0.39, 0.29) is 18.0 Å². The molecule has 4 rings (SSSR count). The fourth-order valence-corrected chi connectivity index (χ4v) is 3.97. The first-order valence-electron chi connectivity index (χ1n) is 9.14. The van der Waals surface area contributed by atoms with Gasteiger partial charge in [0, 0.05) is 5.41 Å². The fourth-order valence-electron chi connectivity index (χ4n) is 3.97. The number of oxazole rings is 1. The molecule has 0 unspecified atom stereocenters. The number of nitrogens with zero attached hydrogens (tertiary/aromatic N) is 1. The molecule has 2 bridgehead atoms. The van der Waals surface area contributed by atoms with Crippen LogP contribution in [0.5, 0.6) is 0 Å². The summed E-state index contributed by atoms with van der Waals surface area (Å²) in [5.74, 6) is 2.16. The van der Waals surface area contributed by atoms with Crippen LogP contribution < -0.4 is 0 Å². The summed E-state index contributed by atoms with van der Waals surface area (Å²) in [5, 5.41) is 0. The van der Waals surface area contributed by atoms with Crippen LogP contribution in [-0.4, -0.2) is 23.2 Å². The third-order valence-corrected chi connectivity index (χ3v) is 5.77. The topological polar surface area (TPSA) is 61.6 Å². The summed E-state index contributed by atoms with van der Waals surface area (Å²) in [6.07, 6.45) is 7.44. The van der Waals surface area contributed by atoms with Gasteiger partial charge in [-0.2, -0.15) is 0 Å². The quantitative estimate of drug-likeness (QED) is 0.734. The minimum Gasteiger partial charge on any atom is -0.464 e. The highest BCUT2D eigenvalue weighted by atomic mass is 16.6. The van der Waals surface area contributed by atoms with E-state index in [4.69, 9.17) is 18.9 Å². The van der Waals surface area contributed by atoms with Gasteiger partial charge in [0.15, 0.2) is 11.4 Å². The predicted octanol–water partition coefficient (Wildman–Crippen LogP) is 4.06. The van der Waals surface area contributed by atoms with Crippen LogP contribution in [0.25, 0.3) is 0 Å². The molecule has 3 saturated carbocycles. The van der Waals surface area contributed by atoms with Crippen LogP contribution in [0.2, 0.25) is 0 Å². The Bertz CT molecular complexity index is 583. The van der Waals surface area contributed by atoms with Crippen molar-refractivity contribution in [1.29, 1.82) is 0 Å². The number of carbonyl (C=O) groups is 1. The molecule has 0 aliphatic heterocycles. The van der Waals surface area contributed by atoms with Gasteiger partial charge in [0.25, 0.3) is 0 Å². The van der Waals surface area contributed by atoms with E-state index in [0.717, 1.165) is 23.3 Å². The summed E-state index contributed by atoms with van der Waals surface area (Å²) in [5.41, 5.74) is 0.0112. The first-order chi connectivity index (χ1) is 11.4. The molecule has 5 nitrogen and oxygen atoms in total. The van der Waals surface area contributed by atoms with Gasteiger partial charge >= 0.3 is 5.97 Å². The van der Waals surface area contributed by atoms with Gasteiger partial charge in [-0.1, -0.05) is 0 Å². The second kappa shape index (κ2) is 6.51. The monoisotopic (exact) mass is 335 g/mol. The molecule has 3 aliphatic carbocycles. The van der Waals surface area contributed by atoms with Crippen LogP contribution in [-0.2, 0) is 26.3 Å². The molecular weight excluding hydrogens is 306 g/mol. The van der Waals surface area contributed by atoms with Crippen LogP contribution in [0.4, 0.5) is 0 Å². The maximum absolute atomic E-state index is 11.9. The van der Waals surface area contributed by atoms with Gasteiger partial charge in [0.05, 0.1) is 12.3 Å². The highest BCUT2D eigenvalue weighted by Gasteiger charge is 2.45. The summed E-state index contributed by atoms with van der Waals surface area (Å²) in [4.78, 5) is 16.7. The second-order valence-corrected chi connectivity index (χ2v) is 7.81. The summed E-state index contributed by atoms with van der Waals surface area (Å²) < 4.78 is 17.0. The summed E-state index contributed by atoms with van der Waals surface area (Å²) in [6.45, 7) is 7.77. The lowest BCUT2D eigenvalue weighted by atomic mass is 9.60. The number of aromatic nitrogens is 1. The van der Waals surface area contributed by atoms with E-state index < -0.39 is 5.60 Å². The smallest absolute Gasteiger partial charge is 0.337 e. The zero-order valence-electron chi connectivity index (χ0n) is 15.3. The van der Waals surface area contributed by atoms with Gasteiger partial charge in [-0.05, 0) is 72.1 Å². The van der Waals surface area contributed by atoms with E-state index in [1.807, 2.05) is 6.92 Å². The molecule has 0 spiro atoms. The number of esters is 1. The maximum atomic E-state index is 11.9. The van der Waals surface area contributed by atoms with Crippen LogP contribution in [0.3, 0.4) is 0 Å². The van der Waals surface area contributed by atoms with E-state index in [0.29, 0.717) is 6.61 Å². The number of aryl methyl sites for hydroxylation is 1. The first kappa shape index (κ1) is 17.5. The zero-order chi connectivity index (χ0) is 17.4. The van der Waals surface area contributed by atoms with Crippen LogP contribution in [0.1, 0.15) is 76.6 Å². The third-order valence-electron chi connectivity index (χ3n) is 5.77. The number of ether oxygens (including phenoxy) is 2. The van der Waals surface area contributed by atoms with Gasteiger partial charge in [-0.15, -0.1) is 0 Å². The Hall–Kier alpha value is -1.36. The van der Waals surface area contributed by atoms with Crippen molar-refractivity contribution in [3.63, 3.8) is 0 Å². The van der Waals surface area contributed by atoms with Crippen LogP contribution in [0.15, 0.2) is 4.42 Å². The van der Waals surface area contributed by atoms with Crippen molar-refractivity contribution in [2.45, 2.75) is 83.8 Å². The second-order valence-electron chi connectivity index (χ2n) is 7.81. The summed E-state index contributed by atoms with van der Waals surface area (Å²) in [7, 11) is 0. The largest absolute Gasteiger partial charge is 0.464 e. The molecule has 1 aromatic heterocycles. The number of hydrogen-bond donors (Lipinski definition) is 0. The van der Waals surface area contributed by atoms with Crippen molar-refractivity contribution in [1.82, 2.24) is 4.98 Å². The first-order valence-corrected chi connectivity index (χ1v) is 9.14. The Morgan fingerprint density at radius 2 is 1.92 bits per heavy atom. The predicted molar refractivity (Wildman–Crippen MR) is 89.6 cm³/mol. The van der Waals surface area contributed by atoms with Gasteiger partial charge in [-0.3, -0.25) is 0 Å². The molecule has 0 N–H and O–H groups in total. The molecule has 24 heavy (non-hydrogen) atoms. The Balaban J connectivity index is 1.69. The van der Waals surface area contributed by atoms with Gasteiger partial charge < -0.3 is 13.9 Å². The van der Waals surface area contributed by atoms with E-state index in [1.165, 1.54) is 38.5 Å². The molecule has 0 aromatic carbocycles. The molecule has 3 aliphatic rings. The van der Waals surface area contributed by atoms with Gasteiger partial charge in [0.2, 0.25) is 5.89 Å². The van der Waals surface area contributed by atoms with Crippen molar-refractivity contribution in [2.24, 2.45) is 5.92 Å².